The van der Waals surface area contributed by atoms with Gasteiger partial charge in [-0.2, -0.15) is 0 Å². The van der Waals surface area contributed by atoms with E-state index in [2.05, 4.69) is 9.98 Å². The van der Waals surface area contributed by atoms with Crippen molar-refractivity contribution in [1.82, 2.24) is 0 Å². The van der Waals surface area contributed by atoms with Gasteiger partial charge in [0.15, 0.2) is 0 Å². The van der Waals surface area contributed by atoms with Gasteiger partial charge < -0.3 is 20.4 Å². The summed E-state index contributed by atoms with van der Waals surface area (Å²) in [4.78, 5) is 8.68. The predicted molar refractivity (Wildman–Crippen MR) is 136 cm³/mol. The highest BCUT2D eigenvalue weighted by Gasteiger charge is 2.10. The molecule has 0 aliphatic rings. The molecule has 0 atom stereocenters. The molecule has 0 heterocycles. The van der Waals surface area contributed by atoms with Crippen molar-refractivity contribution in [1.29, 1.82) is 0 Å². The zero-order valence-corrected chi connectivity index (χ0v) is 17.9. The molecule has 5 aromatic rings. The molecule has 0 amide bonds. The van der Waals surface area contributed by atoms with E-state index in [0.717, 1.165) is 27.6 Å². The molecule has 5 aromatic carbocycles. The number of phenolic OH excluding ortho intramolecular Hbond substituents is 4. The molecule has 0 radical (unpaired) electrons. The minimum absolute atomic E-state index is 0.0605. The average molecular weight is 448 g/mol. The third-order valence-electron chi connectivity index (χ3n) is 5.63. The summed E-state index contributed by atoms with van der Waals surface area (Å²) in [6.45, 7) is 0. The molecule has 0 bridgehead atoms. The molecule has 0 fully saturated rings. The highest BCUT2D eigenvalue weighted by molar-refractivity contribution is 6.04. The fourth-order valence-electron chi connectivity index (χ4n) is 3.87. The van der Waals surface area contributed by atoms with Gasteiger partial charge in [-0.05, 0) is 39.7 Å². The maximum absolute atomic E-state index is 10.3. The number of aromatic hydroxyl groups is 4. The molecule has 0 aliphatic heterocycles. The average Bonchev–Trinajstić information content (AvgIpc) is 2.84. The summed E-state index contributed by atoms with van der Waals surface area (Å²) < 4.78 is 0. The summed E-state index contributed by atoms with van der Waals surface area (Å²) in [5.74, 6) is -0.350. The van der Waals surface area contributed by atoms with Crippen molar-refractivity contribution in [2.75, 3.05) is 0 Å². The number of rotatable bonds is 4. The summed E-state index contributed by atoms with van der Waals surface area (Å²) >= 11 is 0. The van der Waals surface area contributed by atoms with Crippen molar-refractivity contribution >= 4 is 45.3 Å². The summed E-state index contributed by atoms with van der Waals surface area (Å²) in [6.07, 6.45) is 2.93. The maximum Gasteiger partial charge on any atom is 0.145 e. The summed E-state index contributed by atoms with van der Waals surface area (Å²) in [7, 11) is 0. The van der Waals surface area contributed by atoms with Crippen LogP contribution in [0, 0.1) is 0 Å². The molecule has 34 heavy (non-hydrogen) atoms. The zero-order chi connectivity index (χ0) is 23.7. The second-order valence-corrected chi connectivity index (χ2v) is 7.79. The third kappa shape index (κ3) is 3.89. The molecular formula is C28H20N2O4. The van der Waals surface area contributed by atoms with E-state index in [1.807, 2.05) is 60.7 Å². The van der Waals surface area contributed by atoms with Crippen LogP contribution in [0.3, 0.4) is 0 Å². The Morgan fingerprint density at radius 3 is 1.38 bits per heavy atom. The highest BCUT2D eigenvalue weighted by atomic mass is 16.3. The SMILES string of the molecule is Oc1cc(O)c(N=Cc2c(O)ccc3ccccc23)cc1N=Cc1c(O)ccc2ccccc12. The van der Waals surface area contributed by atoms with Gasteiger partial charge in [-0.1, -0.05) is 60.7 Å². The van der Waals surface area contributed by atoms with E-state index < -0.39 is 0 Å². The molecule has 5 rings (SSSR count). The number of fused-ring (bicyclic) bond motifs is 2. The third-order valence-corrected chi connectivity index (χ3v) is 5.63. The van der Waals surface area contributed by atoms with Crippen LogP contribution in [0.5, 0.6) is 23.0 Å². The quantitative estimate of drug-likeness (QED) is 0.242. The van der Waals surface area contributed by atoms with Crippen molar-refractivity contribution in [2.45, 2.75) is 0 Å². The van der Waals surface area contributed by atoms with Crippen LogP contribution in [0.25, 0.3) is 21.5 Å². The predicted octanol–water partition coefficient (Wildman–Crippen LogP) is 6.32. The number of aliphatic imine (C=N–C) groups is 2. The van der Waals surface area contributed by atoms with Crippen LogP contribution < -0.4 is 0 Å². The van der Waals surface area contributed by atoms with Gasteiger partial charge in [0, 0.05) is 29.6 Å². The second kappa shape index (κ2) is 8.60. The van der Waals surface area contributed by atoms with E-state index in [0.29, 0.717) is 11.1 Å². The first-order valence-electron chi connectivity index (χ1n) is 10.6. The van der Waals surface area contributed by atoms with Gasteiger partial charge in [-0.25, -0.2) is 0 Å². The van der Waals surface area contributed by atoms with E-state index in [9.17, 15) is 20.4 Å². The first-order chi connectivity index (χ1) is 16.5. The number of benzene rings is 5. The molecule has 0 saturated carbocycles. The van der Waals surface area contributed by atoms with Gasteiger partial charge >= 0.3 is 0 Å². The minimum Gasteiger partial charge on any atom is -0.507 e. The van der Waals surface area contributed by atoms with Crippen molar-refractivity contribution in [3.05, 3.63) is 96.1 Å². The van der Waals surface area contributed by atoms with Gasteiger partial charge in [0.05, 0.1) is 0 Å². The lowest BCUT2D eigenvalue weighted by atomic mass is 10.0. The van der Waals surface area contributed by atoms with Crippen LogP contribution in [-0.2, 0) is 0 Å². The molecule has 0 aromatic heterocycles. The van der Waals surface area contributed by atoms with Crippen LogP contribution in [0.1, 0.15) is 11.1 Å². The van der Waals surface area contributed by atoms with Gasteiger partial charge in [0.2, 0.25) is 0 Å². The Balaban J connectivity index is 1.54. The Bertz CT molecular complexity index is 1490. The van der Waals surface area contributed by atoms with E-state index in [1.165, 1.54) is 18.5 Å². The monoisotopic (exact) mass is 448 g/mol. The number of hydrogen-bond acceptors (Lipinski definition) is 6. The van der Waals surface area contributed by atoms with Crippen molar-refractivity contribution in [3.63, 3.8) is 0 Å². The number of phenols is 4. The summed E-state index contributed by atoms with van der Waals surface area (Å²) in [6, 6.07) is 24.6. The maximum atomic E-state index is 10.3. The van der Waals surface area contributed by atoms with E-state index in [4.69, 9.17) is 0 Å². The normalized spacial score (nSPS) is 11.8. The van der Waals surface area contributed by atoms with Crippen LogP contribution in [0.15, 0.2) is 94.9 Å². The van der Waals surface area contributed by atoms with E-state index >= 15 is 0 Å². The van der Waals surface area contributed by atoms with Gasteiger partial charge in [-0.3, -0.25) is 9.98 Å². The number of hydrogen-bond donors (Lipinski definition) is 4. The molecule has 0 aliphatic carbocycles. The zero-order valence-electron chi connectivity index (χ0n) is 17.9. The molecule has 6 nitrogen and oxygen atoms in total. The fourth-order valence-corrected chi connectivity index (χ4v) is 3.87. The van der Waals surface area contributed by atoms with Gasteiger partial charge in [0.25, 0.3) is 0 Å². The van der Waals surface area contributed by atoms with Crippen LogP contribution in [-0.4, -0.2) is 32.9 Å². The minimum atomic E-state index is -0.236. The van der Waals surface area contributed by atoms with Gasteiger partial charge in [0.1, 0.15) is 34.4 Å². The molecule has 0 saturated heterocycles. The Hall–Kier alpha value is -4.84. The molecular weight excluding hydrogens is 428 g/mol. The Morgan fingerprint density at radius 2 is 0.912 bits per heavy atom. The summed E-state index contributed by atoms with van der Waals surface area (Å²) in [5, 5.41) is 44.8. The molecule has 166 valence electrons. The van der Waals surface area contributed by atoms with Crippen molar-refractivity contribution in [3.8, 4) is 23.0 Å². The molecule has 0 unspecified atom stereocenters. The highest BCUT2D eigenvalue weighted by Crippen LogP contribution is 2.39. The summed E-state index contributed by atoms with van der Waals surface area (Å²) in [5.41, 5.74) is 1.35. The Labute approximate surface area is 195 Å². The lowest BCUT2D eigenvalue weighted by molar-refractivity contribution is 0.452. The largest absolute Gasteiger partial charge is 0.507 e. The molecule has 0 spiro atoms. The second-order valence-electron chi connectivity index (χ2n) is 7.79. The first kappa shape index (κ1) is 21.0. The van der Waals surface area contributed by atoms with Crippen LogP contribution in [0.4, 0.5) is 11.4 Å². The Kier molecular flexibility index (Phi) is 5.32. The standard InChI is InChI=1S/C28H20N2O4/c31-25-11-9-17-5-1-3-7-19(17)21(25)15-29-23-13-24(28(34)14-27(23)33)30-16-22-20-8-4-2-6-18(20)10-12-26(22)32/h1-16,31-34H. The van der Waals surface area contributed by atoms with Crippen LogP contribution in [0.2, 0.25) is 0 Å². The van der Waals surface area contributed by atoms with Crippen molar-refractivity contribution < 1.29 is 20.4 Å². The van der Waals surface area contributed by atoms with E-state index in [1.54, 1.807) is 12.1 Å². The van der Waals surface area contributed by atoms with Crippen LogP contribution >= 0.6 is 0 Å². The van der Waals surface area contributed by atoms with Crippen molar-refractivity contribution in [2.24, 2.45) is 9.98 Å². The lowest BCUT2D eigenvalue weighted by Crippen LogP contribution is -1.87. The smallest absolute Gasteiger partial charge is 0.145 e. The first-order valence-corrected chi connectivity index (χ1v) is 10.6. The molecule has 4 N–H and O–H groups in total. The lowest BCUT2D eigenvalue weighted by Gasteiger charge is -2.07. The van der Waals surface area contributed by atoms with Gasteiger partial charge in [-0.15, -0.1) is 0 Å². The fraction of sp³-hybridized carbons (Fsp3) is 0. The van der Waals surface area contributed by atoms with E-state index in [-0.39, 0.29) is 34.4 Å². The topological polar surface area (TPSA) is 106 Å². The number of nitrogens with zero attached hydrogens (tertiary/aromatic N) is 2. The Morgan fingerprint density at radius 1 is 0.471 bits per heavy atom. The molecule has 6 heteroatoms.